The van der Waals surface area contributed by atoms with Crippen LogP contribution in [0.15, 0.2) is 51.0 Å². The van der Waals surface area contributed by atoms with Gasteiger partial charge < -0.3 is 10.6 Å². The van der Waals surface area contributed by atoms with Gasteiger partial charge in [-0.2, -0.15) is 13.2 Å². The summed E-state index contributed by atoms with van der Waals surface area (Å²) in [5, 5.41) is 7.66. The average molecular weight is 435 g/mol. The van der Waals surface area contributed by atoms with E-state index in [-0.39, 0.29) is 17.3 Å². The SMILES string of the molecule is CCNC(=NCc1ccc(C(F)(F)F)cc1)NCCNS(=O)(=O)c1cccs1. The Labute approximate surface area is 165 Å². The van der Waals surface area contributed by atoms with Gasteiger partial charge in [0.2, 0.25) is 10.0 Å². The number of nitrogens with zero attached hydrogens (tertiary/aromatic N) is 1. The van der Waals surface area contributed by atoms with Gasteiger partial charge in [-0.15, -0.1) is 11.3 Å². The van der Waals surface area contributed by atoms with Gasteiger partial charge in [0, 0.05) is 19.6 Å². The molecule has 0 radical (unpaired) electrons. The van der Waals surface area contributed by atoms with Crippen LogP contribution >= 0.6 is 11.3 Å². The highest BCUT2D eigenvalue weighted by Gasteiger charge is 2.29. The summed E-state index contributed by atoms with van der Waals surface area (Å²) in [6.07, 6.45) is -4.37. The predicted octanol–water partition coefficient (Wildman–Crippen LogP) is 2.80. The van der Waals surface area contributed by atoms with E-state index >= 15 is 0 Å². The van der Waals surface area contributed by atoms with E-state index in [1.165, 1.54) is 18.2 Å². The maximum Gasteiger partial charge on any atom is 0.416 e. The van der Waals surface area contributed by atoms with E-state index in [0.29, 0.717) is 24.6 Å². The van der Waals surface area contributed by atoms with E-state index in [1.54, 1.807) is 11.4 Å². The van der Waals surface area contributed by atoms with Gasteiger partial charge >= 0.3 is 6.18 Å². The molecule has 0 spiro atoms. The molecule has 154 valence electrons. The molecule has 0 atom stereocenters. The van der Waals surface area contributed by atoms with Gasteiger partial charge in [-0.3, -0.25) is 0 Å². The van der Waals surface area contributed by atoms with E-state index in [4.69, 9.17) is 0 Å². The van der Waals surface area contributed by atoms with Crippen LogP contribution < -0.4 is 15.4 Å². The first-order valence-electron chi connectivity index (χ1n) is 8.44. The minimum atomic E-state index is -4.37. The van der Waals surface area contributed by atoms with Crippen LogP contribution in [0.3, 0.4) is 0 Å². The molecule has 0 unspecified atom stereocenters. The van der Waals surface area contributed by atoms with E-state index in [2.05, 4.69) is 20.3 Å². The van der Waals surface area contributed by atoms with E-state index < -0.39 is 21.8 Å². The number of halogens is 3. The van der Waals surface area contributed by atoms with E-state index in [0.717, 1.165) is 23.5 Å². The van der Waals surface area contributed by atoms with Crippen molar-refractivity contribution in [2.24, 2.45) is 4.99 Å². The highest BCUT2D eigenvalue weighted by Crippen LogP contribution is 2.29. The lowest BCUT2D eigenvalue weighted by Gasteiger charge is -2.12. The molecule has 1 aromatic carbocycles. The highest BCUT2D eigenvalue weighted by molar-refractivity contribution is 7.91. The number of hydrogen-bond donors (Lipinski definition) is 3. The number of benzene rings is 1. The molecule has 0 amide bonds. The smallest absolute Gasteiger partial charge is 0.357 e. The molecular weight excluding hydrogens is 413 g/mol. The summed E-state index contributed by atoms with van der Waals surface area (Å²) in [7, 11) is -3.52. The lowest BCUT2D eigenvalue weighted by Crippen LogP contribution is -2.41. The summed E-state index contributed by atoms with van der Waals surface area (Å²) in [6, 6.07) is 7.98. The van der Waals surface area contributed by atoms with Crippen LogP contribution in [0.25, 0.3) is 0 Å². The summed E-state index contributed by atoms with van der Waals surface area (Å²) in [6.45, 7) is 3.09. The zero-order valence-electron chi connectivity index (χ0n) is 15.1. The molecule has 0 fully saturated rings. The van der Waals surface area contributed by atoms with Crippen LogP contribution in [0.4, 0.5) is 13.2 Å². The number of aliphatic imine (C=N–C) groups is 1. The minimum absolute atomic E-state index is 0.158. The number of rotatable bonds is 8. The molecule has 0 aliphatic rings. The highest BCUT2D eigenvalue weighted by atomic mass is 32.2. The van der Waals surface area contributed by atoms with Crippen molar-refractivity contribution in [2.45, 2.75) is 23.9 Å². The lowest BCUT2D eigenvalue weighted by atomic mass is 10.1. The normalized spacial score (nSPS) is 12.8. The lowest BCUT2D eigenvalue weighted by molar-refractivity contribution is -0.137. The van der Waals surface area contributed by atoms with Gasteiger partial charge in [-0.25, -0.2) is 18.1 Å². The van der Waals surface area contributed by atoms with Crippen LogP contribution in [0.2, 0.25) is 0 Å². The second-order valence-electron chi connectivity index (χ2n) is 5.65. The Morgan fingerprint density at radius 3 is 2.39 bits per heavy atom. The Kier molecular flexibility index (Phi) is 7.84. The molecule has 1 aromatic heterocycles. The van der Waals surface area contributed by atoms with E-state index in [9.17, 15) is 21.6 Å². The molecule has 2 rings (SSSR count). The number of thiophene rings is 1. The molecular formula is C17H21F3N4O2S2. The zero-order chi connectivity index (χ0) is 20.6. The topological polar surface area (TPSA) is 82.6 Å². The summed E-state index contributed by atoms with van der Waals surface area (Å²) in [4.78, 5) is 4.30. The van der Waals surface area contributed by atoms with Crippen LogP contribution in [-0.4, -0.2) is 34.0 Å². The molecule has 1 heterocycles. The van der Waals surface area contributed by atoms with Gasteiger partial charge in [0.25, 0.3) is 0 Å². The first-order chi connectivity index (χ1) is 13.2. The number of alkyl halides is 3. The van der Waals surface area contributed by atoms with Crippen molar-refractivity contribution in [1.82, 2.24) is 15.4 Å². The van der Waals surface area contributed by atoms with Crippen molar-refractivity contribution in [3.63, 3.8) is 0 Å². The summed E-state index contributed by atoms with van der Waals surface area (Å²) in [5.41, 5.74) is -0.0770. The second kappa shape index (κ2) is 9.89. The van der Waals surface area contributed by atoms with Crippen LogP contribution in [0.5, 0.6) is 0 Å². The van der Waals surface area contributed by atoms with E-state index in [1.807, 2.05) is 6.92 Å². The number of nitrogens with one attached hydrogen (secondary N) is 3. The molecule has 0 aliphatic heterocycles. The van der Waals surface area contributed by atoms with Crippen molar-refractivity contribution >= 4 is 27.3 Å². The minimum Gasteiger partial charge on any atom is -0.357 e. The molecule has 6 nitrogen and oxygen atoms in total. The van der Waals surface area contributed by atoms with Crippen molar-refractivity contribution in [2.75, 3.05) is 19.6 Å². The van der Waals surface area contributed by atoms with Gasteiger partial charge in [-0.05, 0) is 36.1 Å². The third-order valence-corrected chi connectivity index (χ3v) is 6.37. The fourth-order valence-corrected chi connectivity index (χ4v) is 4.23. The Morgan fingerprint density at radius 1 is 1.11 bits per heavy atom. The quantitative estimate of drug-likeness (QED) is 0.339. The largest absolute Gasteiger partial charge is 0.416 e. The fraction of sp³-hybridized carbons (Fsp3) is 0.353. The third kappa shape index (κ3) is 6.80. The average Bonchev–Trinajstić information content (AvgIpc) is 3.18. The molecule has 0 saturated carbocycles. The molecule has 0 saturated heterocycles. The third-order valence-electron chi connectivity index (χ3n) is 3.51. The monoisotopic (exact) mass is 434 g/mol. The Morgan fingerprint density at radius 2 is 1.82 bits per heavy atom. The van der Waals surface area contributed by atoms with Crippen molar-refractivity contribution in [3.05, 3.63) is 52.9 Å². The van der Waals surface area contributed by atoms with Crippen LogP contribution in [-0.2, 0) is 22.7 Å². The molecule has 28 heavy (non-hydrogen) atoms. The predicted molar refractivity (Wildman–Crippen MR) is 104 cm³/mol. The molecule has 11 heteroatoms. The fourth-order valence-electron chi connectivity index (χ4n) is 2.17. The number of guanidine groups is 1. The maximum atomic E-state index is 12.6. The zero-order valence-corrected chi connectivity index (χ0v) is 16.7. The maximum absolute atomic E-state index is 12.6. The Balaban J connectivity index is 1.86. The Hall–Kier alpha value is -2.11. The number of hydrogen-bond acceptors (Lipinski definition) is 4. The molecule has 0 aliphatic carbocycles. The second-order valence-corrected chi connectivity index (χ2v) is 8.59. The first-order valence-corrected chi connectivity index (χ1v) is 10.8. The molecule has 0 bridgehead atoms. The summed E-state index contributed by atoms with van der Waals surface area (Å²) in [5.74, 6) is 0.442. The van der Waals surface area contributed by atoms with Crippen molar-refractivity contribution in [3.8, 4) is 0 Å². The first kappa shape index (κ1) is 22.2. The molecule has 2 aromatic rings. The van der Waals surface area contributed by atoms with Gasteiger partial charge in [0.05, 0.1) is 12.1 Å². The van der Waals surface area contributed by atoms with Gasteiger partial charge in [0.15, 0.2) is 5.96 Å². The summed E-state index contributed by atoms with van der Waals surface area (Å²) < 4.78 is 64.5. The van der Waals surface area contributed by atoms with Crippen molar-refractivity contribution < 1.29 is 21.6 Å². The molecule has 3 N–H and O–H groups in total. The number of sulfonamides is 1. The summed E-state index contributed by atoms with van der Waals surface area (Å²) >= 11 is 1.13. The van der Waals surface area contributed by atoms with Crippen LogP contribution in [0, 0.1) is 0 Å². The van der Waals surface area contributed by atoms with Gasteiger partial charge in [-0.1, -0.05) is 18.2 Å². The standard InChI is InChI=1S/C17H21F3N4O2S2/c1-2-21-16(22-9-10-24-28(25,26)15-4-3-11-27-15)23-12-13-5-7-14(8-6-13)17(18,19)20/h3-8,11,24H,2,9-10,12H2,1H3,(H2,21,22,23). The van der Waals surface area contributed by atoms with Crippen molar-refractivity contribution in [1.29, 1.82) is 0 Å². The van der Waals surface area contributed by atoms with Crippen LogP contribution in [0.1, 0.15) is 18.1 Å². The Bertz CT molecular complexity index is 865. The van der Waals surface area contributed by atoms with Gasteiger partial charge in [0.1, 0.15) is 4.21 Å².